The summed E-state index contributed by atoms with van der Waals surface area (Å²) in [6.07, 6.45) is 4.54. The van der Waals surface area contributed by atoms with Gasteiger partial charge in [-0.2, -0.15) is 0 Å². The first kappa shape index (κ1) is 13.2. The molecule has 3 rings (SSSR count). The van der Waals surface area contributed by atoms with Crippen LogP contribution in [-0.2, 0) is 0 Å². The number of rotatable bonds is 4. The Labute approximate surface area is 117 Å². The molecule has 0 amide bonds. The molecule has 2 atom stereocenters. The van der Waals surface area contributed by atoms with E-state index in [2.05, 4.69) is 5.32 Å². The fourth-order valence-electron chi connectivity index (χ4n) is 3.15. The predicted octanol–water partition coefficient (Wildman–Crippen LogP) is 2.27. The predicted molar refractivity (Wildman–Crippen MR) is 73.2 cm³/mol. The zero-order chi connectivity index (χ0) is 14.1. The van der Waals surface area contributed by atoms with Gasteiger partial charge in [-0.3, -0.25) is 10.1 Å². The first-order valence-corrected chi connectivity index (χ1v) is 6.91. The van der Waals surface area contributed by atoms with Crippen LogP contribution in [-0.4, -0.2) is 30.2 Å². The third kappa shape index (κ3) is 2.56. The summed E-state index contributed by atoms with van der Waals surface area (Å²) in [5.74, 6) is 1.01. The molecule has 1 aromatic carbocycles. The summed E-state index contributed by atoms with van der Waals surface area (Å²) < 4.78 is 11.2. The number of hydrogen-bond donors (Lipinski definition) is 1. The van der Waals surface area contributed by atoms with E-state index in [-0.39, 0.29) is 11.8 Å². The van der Waals surface area contributed by atoms with Gasteiger partial charge in [0, 0.05) is 18.2 Å². The molecular weight excluding hydrogens is 260 g/mol. The fourth-order valence-corrected chi connectivity index (χ4v) is 3.15. The van der Waals surface area contributed by atoms with Gasteiger partial charge >= 0.3 is 0 Å². The van der Waals surface area contributed by atoms with E-state index in [1.54, 1.807) is 6.07 Å². The Bertz CT molecular complexity index is 508. The Morgan fingerprint density at radius 1 is 1.25 bits per heavy atom. The molecule has 0 radical (unpaired) electrons. The number of non-ortho nitro benzene ring substituents is 1. The maximum Gasteiger partial charge on any atom is 0.273 e. The molecular formula is C14H18N2O4. The number of nitro benzene ring substituents is 1. The number of nitro groups is 1. The Hall–Kier alpha value is -1.82. The quantitative estimate of drug-likeness (QED) is 0.675. The van der Waals surface area contributed by atoms with Gasteiger partial charge in [-0.25, -0.2) is 0 Å². The molecule has 0 aliphatic carbocycles. The van der Waals surface area contributed by atoms with Crippen molar-refractivity contribution in [2.24, 2.45) is 0 Å². The van der Waals surface area contributed by atoms with E-state index in [0.29, 0.717) is 23.6 Å². The van der Waals surface area contributed by atoms with Crippen molar-refractivity contribution in [3.05, 3.63) is 28.3 Å². The minimum atomic E-state index is -0.433. The van der Waals surface area contributed by atoms with Crippen molar-refractivity contribution in [1.29, 1.82) is 0 Å². The molecule has 2 unspecified atom stereocenters. The SMILES string of the molecule is COc1cc([N+](=O)[O-])ccc1OC1CC2CCC(C1)N2. The summed E-state index contributed by atoms with van der Waals surface area (Å²) in [5, 5.41) is 14.3. The van der Waals surface area contributed by atoms with Gasteiger partial charge in [0.25, 0.3) is 5.69 Å². The molecule has 2 saturated heterocycles. The third-order valence-corrected chi connectivity index (χ3v) is 4.08. The largest absolute Gasteiger partial charge is 0.493 e. The second kappa shape index (κ2) is 5.28. The van der Waals surface area contributed by atoms with E-state index in [9.17, 15) is 10.1 Å². The Balaban J connectivity index is 1.75. The zero-order valence-electron chi connectivity index (χ0n) is 11.4. The number of methoxy groups -OCH3 is 1. The minimum absolute atomic E-state index is 0.0135. The van der Waals surface area contributed by atoms with Crippen LogP contribution in [0.15, 0.2) is 18.2 Å². The third-order valence-electron chi connectivity index (χ3n) is 4.08. The van der Waals surface area contributed by atoms with Crippen LogP contribution in [0, 0.1) is 10.1 Å². The van der Waals surface area contributed by atoms with Crippen LogP contribution in [0.25, 0.3) is 0 Å². The van der Waals surface area contributed by atoms with Crippen molar-refractivity contribution in [3.63, 3.8) is 0 Å². The molecule has 2 aliphatic rings. The van der Waals surface area contributed by atoms with Crippen molar-refractivity contribution in [2.75, 3.05) is 7.11 Å². The van der Waals surface area contributed by atoms with Crippen molar-refractivity contribution >= 4 is 5.69 Å². The fraction of sp³-hybridized carbons (Fsp3) is 0.571. The van der Waals surface area contributed by atoms with Gasteiger partial charge in [0.2, 0.25) is 0 Å². The normalized spacial score (nSPS) is 28.1. The van der Waals surface area contributed by atoms with Gasteiger partial charge < -0.3 is 14.8 Å². The lowest BCUT2D eigenvalue weighted by Crippen LogP contribution is -2.42. The topological polar surface area (TPSA) is 73.6 Å². The molecule has 2 fully saturated rings. The van der Waals surface area contributed by atoms with Crippen molar-refractivity contribution < 1.29 is 14.4 Å². The molecule has 108 valence electrons. The standard InChI is InChI=1S/C14H18N2O4/c1-19-14-8-11(16(17)18)4-5-13(14)20-12-6-9-2-3-10(7-12)15-9/h4-5,8-10,12,15H,2-3,6-7H2,1H3. The van der Waals surface area contributed by atoms with E-state index in [4.69, 9.17) is 9.47 Å². The van der Waals surface area contributed by atoms with Crippen LogP contribution in [0.2, 0.25) is 0 Å². The summed E-state index contributed by atoms with van der Waals surface area (Å²) in [6.45, 7) is 0. The molecule has 0 saturated carbocycles. The van der Waals surface area contributed by atoms with E-state index >= 15 is 0 Å². The van der Waals surface area contributed by atoms with Gasteiger partial charge in [0.15, 0.2) is 11.5 Å². The Morgan fingerprint density at radius 3 is 2.55 bits per heavy atom. The number of fused-ring (bicyclic) bond motifs is 2. The van der Waals surface area contributed by atoms with Crippen LogP contribution in [0.3, 0.4) is 0 Å². The molecule has 6 heteroatoms. The van der Waals surface area contributed by atoms with E-state index in [1.807, 2.05) is 0 Å². The van der Waals surface area contributed by atoms with E-state index < -0.39 is 4.92 Å². The second-order valence-corrected chi connectivity index (χ2v) is 5.44. The summed E-state index contributed by atoms with van der Waals surface area (Å²) in [6, 6.07) is 5.57. The highest BCUT2D eigenvalue weighted by Gasteiger charge is 2.34. The van der Waals surface area contributed by atoms with Crippen molar-refractivity contribution in [2.45, 2.75) is 43.9 Å². The molecule has 6 nitrogen and oxygen atoms in total. The van der Waals surface area contributed by atoms with E-state index in [0.717, 1.165) is 12.8 Å². The van der Waals surface area contributed by atoms with Crippen molar-refractivity contribution in [3.8, 4) is 11.5 Å². The first-order chi connectivity index (χ1) is 9.65. The molecule has 0 aromatic heterocycles. The second-order valence-electron chi connectivity index (χ2n) is 5.44. The summed E-state index contributed by atoms with van der Waals surface area (Å²) in [5.41, 5.74) is 0.0135. The number of nitrogens with zero attached hydrogens (tertiary/aromatic N) is 1. The lowest BCUT2D eigenvalue weighted by Gasteiger charge is -2.29. The zero-order valence-corrected chi connectivity index (χ0v) is 11.4. The summed E-state index contributed by atoms with van der Waals surface area (Å²) >= 11 is 0. The number of piperidine rings is 1. The molecule has 1 aromatic rings. The summed E-state index contributed by atoms with van der Waals surface area (Å²) in [4.78, 5) is 10.3. The molecule has 1 N–H and O–H groups in total. The molecule has 2 aliphatic heterocycles. The van der Waals surface area contributed by atoms with Crippen LogP contribution in [0.1, 0.15) is 25.7 Å². The Kier molecular flexibility index (Phi) is 3.48. The average Bonchev–Trinajstić information content (AvgIpc) is 2.78. The molecule has 20 heavy (non-hydrogen) atoms. The lowest BCUT2D eigenvalue weighted by atomic mass is 10.0. The van der Waals surface area contributed by atoms with Gasteiger partial charge in [-0.05, 0) is 31.7 Å². The van der Waals surface area contributed by atoms with E-state index in [1.165, 1.54) is 32.1 Å². The highest BCUT2D eigenvalue weighted by molar-refractivity contribution is 5.48. The maximum atomic E-state index is 10.8. The first-order valence-electron chi connectivity index (χ1n) is 6.91. The maximum absolute atomic E-state index is 10.8. The summed E-state index contributed by atoms with van der Waals surface area (Å²) in [7, 11) is 1.50. The number of hydrogen-bond acceptors (Lipinski definition) is 5. The van der Waals surface area contributed by atoms with Crippen molar-refractivity contribution in [1.82, 2.24) is 5.32 Å². The van der Waals surface area contributed by atoms with Gasteiger partial charge in [-0.15, -0.1) is 0 Å². The smallest absolute Gasteiger partial charge is 0.273 e. The van der Waals surface area contributed by atoms with Gasteiger partial charge in [-0.1, -0.05) is 0 Å². The van der Waals surface area contributed by atoms with Crippen LogP contribution < -0.4 is 14.8 Å². The number of benzene rings is 1. The monoisotopic (exact) mass is 278 g/mol. The molecule has 2 heterocycles. The van der Waals surface area contributed by atoms with Crippen LogP contribution in [0.4, 0.5) is 5.69 Å². The number of nitrogens with one attached hydrogen (secondary N) is 1. The van der Waals surface area contributed by atoms with Crippen LogP contribution >= 0.6 is 0 Å². The number of ether oxygens (including phenoxy) is 2. The van der Waals surface area contributed by atoms with Crippen LogP contribution in [0.5, 0.6) is 11.5 Å². The molecule has 2 bridgehead atoms. The highest BCUT2D eigenvalue weighted by Crippen LogP contribution is 2.35. The van der Waals surface area contributed by atoms with Gasteiger partial charge in [0.05, 0.1) is 18.1 Å². The molecule has 0 spiro atoms. The Morgan fingerprint density at radius 2 is 1.95 bits per heavy atom. The average molecular weight is 278 g/mol. The lowest BCUT2D eigenvalue weighted by molar-refractivity contribution is -0.385. The minimum Gasteiger partial charge on any atom is -0.493 e. The van der Waals surface area contributed by atoms with Gasteiger partial charge in [0.1, 0.15) is 6.10 Å². The highest BCUT2D eigenvalue weighted by atomic mass is 16.6.